The molecule has 152 valence electrons. The number of hydrogen-bond donors (Lipinski definition) is 1. The number of hydrogen-bond acceptors (Lipinski definition) is 6. The molecule has 2 heterocycles. The predicted molar refractivity (Wildman–Crippen MR) is 114 cm³/mol. The molecule has 2 aromatic carbocycles. The Hall–Kier alpha value is -3.65. The maximum absolute atomic E-state index is 12.8. The Morgan fingerprint density at radius 2 is 1.77 bits per heavy atom. The Morgan fingerprint density at radius 1 is 1.03 bits per heavy atom. The predicted octanol–water partition coefficient (Wildman–Crippen LogP) is 3.17. The maximum Gasteiger partial charge on any atom is 0.348 e. The van der Waals surface area contributed by atoms with Gasteiger partial charge in [-0.15, -0.1) is 11.3 Å². The van der Waals surface area contributed by atoms with Gasteiger partial charge in [0.2, 0.25) is 0 Å². The molecule has 0 bridgehead atoms. The summed E-state index contributed by atoms with van der Waals surface area (Å²) < 4.78 is 11.6. The Kier molecular flexibility index (Phi) is 5.49. The third kappa shape index (κ3) is 4.04. The number of carbonyl (C=O) groups excluding carboxylic acids is 1. The largest absolute Gasteiger partial charge is 0.497 e. The van der Waals surface area contributed by atoms with Crippen molar-refractivity contribution < 1.29 is 14.3 Å². The van der Waals surface area contributed by atoms with E-state index in [9.17, 15) is 14.4 Å². The van der Waals surface area contributed by atoms with Gasteiger partial charge in [0.05, 0.1) is 19.0 Å². The number of aromatic nitrogens is 2. The number of nitrogens with zero attached hydrogens (tertiary/aromatic N) is 1. The van der Waals surface area contributed by atoms with Crippen LogP contribution in [0.3, 0.4) is 0 Å². The minimum atomic E-state index is -0.554. The van der Waals surface area contributed by atoms with Crippen molar-refractivity contribution in [1.29, 1.82) is 0 Å². The number of thiophene rings is 1. The van der Waals surface area contributed by atoms with Gasteiger partial charge in [-0.2, -0.15) is 0 Å². The molecule has 0 saturated carbocycles. The first-order valence-electron chi connectivity index (χ1n) is 9.16. The molecule has 2 aromatic heterocycles. The zero-order valence-electron chi connectivity index (χ0n) is 16.1. The standard InChI is InChI=1S/C22H18N2O5S/c1-28-16-9-7-15(8-10-16)13-29-21(26)18-11-17-19(30-18)23-22(27)24(20(17)25)12-14-5-3-2-4-6-14/h2-11H,12-13H2,1H3,(H,23,27). The number of methoxy groups -OCH3 is 1. The zero-order chi connectivity index (χ0) is 21.1. The SMILES string of the molecule is COc1ccc(COC(=O)c2cc3c(=O)n(Cc4ccccc4)c(=O)[nH]c3s2)cc1. The van der Waals surface area contributed by atoms with Crippen LogP contribution in [0.2, 0.25) is 0 Å². The summed E-state index contributed by atoms with van der Waals surface area (Å²) in [5.41, 5.74) is 0.682. The molecule has 0 aliphatic rings. The van der Waals surface area contributed by atoms with Gasteiger partial charge in [-0.3, -0.25) is 14.3 Å². The first-order chi connectivity index (χ1) is 14.5. The Bertz CT molecular complexity index is 1300. The average Bonchev–Trinajstić information content (AvgIpc) is 3.20. The summed E-state index contributed by atoms with van der Waals surface area (Å²) in [4.78, 5) is 40.9. The lowest BCUT2D eigenvalue weighted by molar-refractivity contribution is 0.0478. The molecule has 0 spiro atoms. The van der Waals surface area contributed by atoms with Crippen LogP contribution < -0.4 is 16.0 Å². The highest BCUT2D eigenvalue weighted by atomic mass is 32.1. The van der Waals surface area contributed by atoms with Crippen LogP contribution in [0.15, 0.2) is 70.3 Å². The second kappa shape index (κ2) is 8.38. The van der Waals surface area contributed by atoms with Crippen LogP contribution in [0.5, 0.6) is 5.75 Å². The van der Waals surface area contributed by atoms with Crippen molar-refractivity contribution in [2.24, 2.45) is 0 Å². The molecule has 7 nitrogen and oxygen atoms in total. The monoisotopic (exact) mass is 422 g/mol. The summed E-state index contributed by atoms with van der Waals surface area (Å²) in [6, 6.07) is 17.9. The van der Waals surface area contributed by atoms with E-state index in [-0.39, 0.29) is 23.4 Å². The highest BCUT2D eigenvalue weighted by molar-refractivity contribution is 7.20. The maximum atomic E-state index is 12.8. The van der Waals surface area contributed by atoms with Crippen LogP contribution in [0.4, 0.5) is 0 Å². The van der Waals surface area contributed by atoms with E-state index in [0.29, 0.717) is 10.6 Å². The summed E-state index contributed by atoms with van der Waals surface area (Å²) in [5, 5.41) is 0.284. The molecule has 0 fully saturated rings. The van der Waals surface area contributed by atoms with Gasteiger partial charge in [0.1, 0.15) is 22.1 Å². The molecule has 0 amide bonds. The summed E-state index contributed by atoms with van der Waals surface area (Å²) in [5.74, 6) is 0.159. The van der Waals surface area contributed by atoms with Crippen molar-refractivity contribution in [3.05, 3.63) is 97.5 Å². The van der Waals surface area contributed by atoms with Crippen molar-refractivity contribution in [1.82, 2.24) is 9.55 Å². The smallest absolute Gasteiger partial charge is 0.348 e. The molecule has 0 saturated heterocycles. The number of esters is 1. The van der Waals surface area contributed by atoms with Gasteiger partial charge in [0, 0.05) is 0 Å². The third-order valence-electron chi connectivity index (χ3n) is 4.59. The molecular formula is C22H18N2O5S. The number of aromatic amines is 1. The van der Waals surface area contributed by atoms with Crippen molar-refractivity contribution in [3.63, 3.8) is 0 Å². The lowest BCUT2D eigenvalue weighted by Gasteiger charge is -2.04. The van der Waals surface area contributed by atoms with E-state index in [1.165, 1.54) is 6.07 Å². The molecular weight excluding hydrogens is 404 g/mol. The van der Waals surface area contributed by atoms with E-state index in [2.05, 4.69) is 4.98 Å². The van der Waals surface area contributed by atoms with Crippen LogP contribution in [0, 0.1) is 0 Å². The van der Waals surface area contributed by atoms with Gasteiger partial charge in [-0.1, -0.05) is 42.5 Å². The highest BCUT2D eigenvalue weighted by Gasteiger charge is 2.17. The molecule has 8 heteroatoms. The van der Waals surface area contributed by atoms with Crippen molar-refractivity contribution in [2.45, 2.75) is 13.2 Å². The summed E-state index contributed by atoms with van der Waals surface area (Å²) in [6.07, 6.45) is 0. The van der Waals surface area contributed by atoms with Crippen molar-refractivity contribution in [3.8, 4) is 5.75 Å². The minimum Gasteiger partial charge on any atom is -0.497 e. The number of rotatable bonds is 6. The van der Waals surface area contributed by atoms with Gasteiger partial charge in [0.15, 0.2) is 0 Å². The topological polar surface area (TPSA) is 90.4 Å². The Balaban J connectivity index is 1.56. The minimum absolute atomic E-state index is 0.0891. The molecule has 0 atom stereocenters. The number of H-pyrrole nitrogens is 1. The van der Waals surface area contributed by atoms with Gasteiger partial charge in [0.25, 0.3) is 5.56 Å². The van der Waals surface area contributed by atoms with Crippen molar-refractivity contribution >= 4 is 27.5 Å². The fourth-order valence-electron chi connectivity index (χ4n) is 3.00. The number of nitrogens with one attached hydrogen (secondary N) is 1. The summed E-state index contributed by atoms with van der Waals surface area (Å²) in [6.45, 7) is 0.240. The van der Waals surface area contributed by atoms with E-state index in [1.807, 2.05) is 30.3 Å². The molecule has 0 aliphatic heterocycles. The average molecular weight is 422 g/mol. The van der Waals surface area contributed by atoms with Gasteiger partial charge < -0.3 is 9.47 Å². The Labute approximate surface area is 175 Å². The fourth-order valence-corrected chi connectivity index (χ4v) is 3.93. The van der Waals surface area contributed by atoms with Gasteiger partial charge in [-0.25, -0.2) is 9.59 Å². The second-order valence-corrected chi connectivity index (χ2v) is 7.64. The molecule has 30 heavy (non-hydrogen) atoms. The summed E-state index contributed by atoms with van der Waals surface area (Å²) >= 11 is 1.03. The van der Waals surface area contributed by atoms with Crippen LogP contribution in [-0.4, -0.2) is 22.6 Å². The van der Waals surface area contributed by atoms with Crippen LogP contribution in [-0.2, 0) is 17.9 Å². The molecule has 1 N–H and O–H groups in total. The molecule has 4 aromatic rings. The zero-order valence-corrected chi connectivity index (χ0v) is 16.9. The van der Waals surface area contributed by atoms with E-state index < -0.39 is 17.2 Å². The molecule has 0 aliphatic carbocycles. The number of fused-ring (bicyclic) bond motifs is 1. The summed E-state index contributed by atoms with van der Waals surface area (Å²) in [7, 11) is 1.58. The number of carbonyl (C=O) groups is 1. The lowest BCUT2D eigenvalue weighted by atomic mass is 10.2. The number of ether oxygens (including phenoxy) is 2. The van der Waals surface area contributed by atoms with E-state index >= 15 is 0 Å². The number of benzene rings is 2. The van der Waals surface area contributed by atoms with E-state index in [1.54, 1.807) is 31.4 Å². The first kappa shape index (κ1) is 19.7. The van der Waals surface area contributed by atoms with E-state index in [4.69, 9.17) is 9.47 Å². The molecule has 0 unspecified atom stereocenters. The third-order valence-corrected chi connectivity index (χ3v) is 5.62. The highest BCUT2D eigenvalue weighted by Crippen LogP contribution is 2.22. The van der Waals surface area contributed by atoms with Crippen LogP contribution in [0.25, 0.3) is 10.2 Å². The normalized spacial score (nSPS) is 10.8. The van der Waals surface area contributed by atoms with Gasteiger partial charge >= 0.3 is 11.7 Å². The Morgan fingerprint density at radius 3 is 2.47 bits per heavy atom. The fraction of sp³-hybridized carbons (Fsp3) is 0.136. The first-order valence-corrected chi connectivity index (χ1v) is 9.97. The molecule has 0 radical (unpaired) electrons. The van der Waals surface area contributed by atoms with E-state index in [0.717, 1.165) is 27.0 Å². The quantitative estimate of drug-likeness (QED) is 0.482. The van der Waals surface area contributed by atoms with Gasteiger partial charge in [-0.05, 0) is 29.3 Å². The van der Waals surface area contributed by atoms with Crippen LogP contribution >= 0.6 is 11.3 Å². The van der Waals surface area contributed by atoms with Crippen LogP contribution in [0.1, 0.15) is 20.8 Å². The van der Waals surface area contributed by atoms with Crippen molar-refractivity contribution in [2.75, 3.05) is 7.11 Å². The lowest BCUT2D eigenvalue weighted by Crippen LogP contribution is -2.34. The second-order valence-electron chi connectivity index (χ2n) is 6.58. The molecule has 4 rings (SSSR count).